The molecular weight excluding hydrogens is 1480 g/mol. The molecule has 600 valence electrons. The highest BCUT2D eigenvalue weighted by molar-refractivity contribution is 5.91. The van der Waals surface area contributed by atoms with E-state index >= 15 is 9.59 Å². The van der Waals surface area contributed by atoms with Crippen LogP contribution in [0, 0.1) is 0 Å². The van der Waals surface area contributed by atoms with Gasteiger partial charge in [-0.15, -0.1) is 0 Å². The smallest absolute Gasteiger partial charge is 0.338 e. The van der Waals surface area contributed by atoms with Gasteiger partial charge in [0.1, 0.15) is 61.0 Å². The van der Waals surface area contributed by atoms with Crippen molar-refractivity contribution in [2.75, 3.05) is 33.5 Å². The third-order valence-corrected chi connectivity index (χ3v) is 20.4. The van der Waals surface area contributed by atoms with Gasteiger partial charge in [0, 0.05) is 12.7 Å². The minimum atomic E-state index is -1.74. The summed E-state index contributed by atoms with van der Waals surface area (Å²) in [4.78, 5) is 59.4. The van der Waals surface area contributed by atoms with Crippen molar-refractivity contribution in [3.8, 4) is 0 Å². The zero-order valence-corrected chi connectivity index (χ0v) is 63.6. The van der Waals surface area contributed by atoms with E-state index < -0.39 is 147 Å². The van der Waals surface area contributed by atoms with Crippen molar-refractivity contribution in [1.82, 2.24) is 0 Å². The Kier molecular flexibility index (Phi) is 28.1. The predicted octanol–water partition coefficient (Wildman–Crippen LogP) is 13.5. The normalized spacial score (nSPS) is 27.1. The summed E-state index contributed by atoms with van der Waals surface area (Å²) in [5.74, 6) is -3.22. The van der Waals surface area contributed by atoms with Crippen LogP contribution in [-0.2, 0) is 123 Å². The van der Waals surface area contributed by atoms with Crippen LogP contribution in [0.15, 0.2) is 303 Å². The van der Waals surface area contributed by atoms with Crippen molar-refractivity contribution in [2.45, 2.75) is 150 Å². The van der Waals surface area contributed by atoms with Gasteiger partial charge in [0.2, 0.25) is 0 Å². The van der Waals surface area contributed by atoms with E-state index in [1.807, 2.05) is 182 Å². The highest BCUT2D eigenvalue weighted by Crippen LogP contribution is 2.42. The van der Waals surface area contributed by atoms with E-state index in [0.29, 0.717) is 0 Å². The summed E-state index contributed by atoms with van der Waals surface area (Å²) in [5, 5.41) is 0. The summed E-state index contributed by atoms with van der Waals surface area (Å²) in [7, 11) is 1.38. The number of esters is 4. The first-order chi connectivity index (χ1) is 57.1. The molecule has 0 spiro atoms. The first kappa shape index (κ1) is 80.7. The van der Waals surface area contributed by atoms with E-state index in [2.05, 4.69) is 0 Å². The van der Waals surface area contributed by atoms with E-state index in [1.54, 1.807) is 121 Å². The first-order valence-corrected chi connectivity index (χ1v) is 38.8. The molecule has 23 nitrogen and oxygen atoms in total. The summed E-state index contributed by atoms with van der Waals surface area (Å²) in [6.45, 7) is -0.882. The Morgan fingerprint density at radius 2 is 0.638 bits per heavy atom. The van der Waals surface area contributed by atoms with Gasteiger partial charge in [-0.25, -0.2) is 19.2 Å². The molecule has 5 heterocycles. The molecule has 0 amide bonds. The molecule has 5 aliphatic heterocycles. The SMILES string of the molecule is CO[C@@H]1OC[C@@H](O[C@@H]2O[C@H](COCc3ccccc3)[C@@H](O[C@@H]3OC[C@@H](O[C@@H]4O[C@@H]5CO[C@@H](c6ccccc6)O[C@H]5[C@H](OCc5ccccc5)[C@@H]4OCc4ccccc4)[C@H](OC(=O)c4ccccc4)[C@H]3OC(=O)c3ccccc3)[C@H](OCc3ccccc3)[C@@H]2OCc2ccccc2)[C@H](OC(=O)c2ccccc2)[C@H]1OC(=O)c1ccccc1. The predicted molar refractivity (Wildman–Crippen MR) is 417 cm³/mol. The molecule has 10 aromatic rings. The van der Waals surface area contributed by atoms with Crippen molar-refractivity contribution in [2.24, 2.45) is 0 Å². The second kappa shape index (κ2) is 40.4. The second-order valence-electron chi connectivity index (χ2n) is 28.3. The molecule has 0 N–H and O–H groups in total. The topological polar surface area (TPSA) is 244 Å². The summed E-state index contributed by atoms with van der Waals surface area (Å²) in [6, 6.07) is 90.5. The molecule has 23 heteroatoms. The Hall–Kier alpha value is -10.5. The average molecular weight is 1580 g/mol. The highest BCUT2D eigenvalue weighted by atomic mass is 16.8. The zero-order valence-electron chi connectivity index (χ0n) is 63.6. The van der Waals surface area contributed by atoms with Crippen LogP contribution in [0.2, 0.25) is 0 Å². The number of carbonyl (C=O) groups excluding carboxylic acids is 4. The number of carbonyl (C=O) groups is 4. The molecule has 0 saturated carbocycles. The fraction of sp³-hybridized carbons (Fsp3) is 0.312. The monoisotopic (exact) mass is 1570 g/mol. The Morgan fingerprint density at radius 1 is 0.302 bits per heavy atom. The summed E-state index contributed by atoms with van der Waals surface area (Å²) < 4.78 is 131. The van der Waals surface area contributed by atoms with Crippen LogP contribution in [-0.4, -0.2) is 168 Å². The van der Waals surface area contributed by atoms with Gasteiger partial charge in [0.25, 0.3) is 0 Å². The average Bonchev–Trinajstić information content (AvgIpc) is 0.764. The van der Waals surface area contributed by atoms with Crippen LogP contribution >= 0.6 is 0 Å². The van der Waals surface area contributed by atoms with Crippen LogP contribution in [0.4, 0.5) is 0 Å². The molecule has 116 heavy (non-hydrogen) atoms. The maximum atomic E-state index is 15.3. The van der Waals surface area contributed by atoms with E-state index in [4.69, 9.17) is 90.0 Å². The zero-order chi connectivity index (χ0) is 79.2. The second-order valence-corrected chi connectivity index (χ2v) is 28.3. The van der Waals surface area contributed by atoms with Crippen LogP contribution in [0.5, 0.6) is 0 Å². The number of hydrogen-bond acceptors (Lipinski definition) is 23. The van der Waals surface area contributed by atoms with Gasteiger partial charge in [-0.1, -0.05) is 255 Å². The molecule has 0 unspecified atom stereocenters. The third-order valence-electron chi connectivity index (χ3n) is 20.4. The number of methoxy groups -OCH3 is 1. The summed E-state index contributed by atoms with van der Waals surface area (Å²) in [6.07, 6.45) is -24.8. The summed E-state index contributed by atoms with van der Waals surface area (Å²) >= 11 is 0. The van der Waals surface area contributed by atoms with Gasteiger partial charge < -0.3 is 90.0 Å². The highest BCUT2D eigenvalue weighted by Gasteiger charge is 2.59. The van der Waals surface area contributed by atoms with E-state index in [1.165, 1.54) is 7.11 Å². The minimum Gasteiger partial charge on any atom is -0.452 e. The quantitative estimate of drug-likeness (QED) is 0.0281. The molecule has 5 aliphatic rings. The number of fused-ring (bicyclic) bond motifs is 1. The van der Waals surface area contributed by atoms with Crippen LogP contribution < -0.4 is 0 Å². The maximum Gasteiger partial charge on any atom is 0.338 e. The van der Waals surface area contributed by atoms with Crippen molar-refractivity contribution in [3.05, 3.63) is 359 Å². The molecule has 19 atom stereocenters. The molecule has 0 aromatic heterocycles. The molecule has 0 bridgehead atoms. The lowest BCUT2D eigenvalue weighted by Gasteiger charge is -2.51. The molecule has 10 aromatic carbocycles. The van der Waals surface area contributed by atoms with Crippen LogP contribution in [0.3, 0.4) is 0 Å². The van der Waals surface area contributed by atoms with E-state index in [0.717, 1.165) is 33.4 Å². The fourth-order valence-corrected chi connectivity index (χ4v) is 14.5. The van der Waals surface area contributed by atoms with Gasteiger partial charge in [-0.2, -0.15) is 0 Å². The molecule has 5 saturated heterocycles. The number of benzene rings is 10. The molecule has 15 rings (SSSR count). The fourth-order valence-electron chi connectivity index (χ4n) is 14.5. The van der Waals surface area contributed by atoms with Gasteiger partial charge in [-0.05, 0) is 76.3 Å². The maximum absolute atomic E-state index is 15.3. The van der Waals surface area contributed by atoms with Crippen LogP contribution in [0.25, 0.3) is 0 Å². The van der Waals surface area contributed by atoms with E-state index in [9.17, 15) is 9.59 Å². The Labute approximate surface area is 672 Å². The summed E-state index contributed by atoms with van der Waals surface area (Å²) in [5.41, 5.74) is 5.43. The van der Waals surface area contributed by atoms with Gasteiger partial charge in [-0.3, -0.25) is 0 Å². The Bertz CT molecular complexity index is 4650. The van der Waals surface area contributed by atoms with E-state index in [-0.39, 0.29) is 75.1 Å². The van der Waals surface area contributed by atoms with Crippen molar-refractivity contribution in [1.29, 1.82) is 0 Å². The lowest BCUT2D eigenvalue weighted by molar-refractivity contribution is -0.394. The minimum absolute atomic E-state index is 0.0202. The largest absolute Gasteiger partial charge is 0.452 e. The van der Waals surface area contributed by atoms with Crippen molar-refractivity contribution >= 4 is 23.9 Å². The Morgan fingerprint density at radius 3 is 1.05 bits per heavy atom. The standard InChI is InChI=1S/C93H90O23/c1-98-90-83(113-87(96)68-46-26-9-27-47-68)77(111-85(94)66-42-22-7-23-43-66)73(59-105-90)109-92-81(102-55-64-38-18-5-19-39-64)79(100-53-62-34-14-3-15-35-62)75(71(107-92)57-99-52-61-32-12-2-13-33-61)116-91-84(114-88(97)69-48-28-10-29-49-69)78(112-86(95)67-44-24-8-25-45-67)74(60-106-91)110-93-82(103-56-65-40-20-6-21-41-65)80(101-54-63-36-16-4-17-37-63)76-72(108-93)58-104-89(115-76)70-50-30-11-31-51-70/h2-51,71-84,89-93H,52-60H2,1H3/t71-,72-,73-,74-,75-,76-,77+,78+,79+,80+,81+,82+,83-,84-,89-,90-,91+,92+,93+/m1/s1. The van der Waals surface area contributed by atoms with Crippen LogP contribution in [0.1, 0.15) is 81.1 Å². The van der Waals surface area contributed by atoms with Crippen molar-refractivity contribution in [3.63, 3.8) is 0 Å². The van der Waals surface area contributed by atoms with Gasteiger partial charge >= 0.3 is 23.9 Å². The van der Waals surface area contributed by atoms with Crippen molar-refractivity contribution < 1.29 is 109 Å². The van der Waals surface area contributed by atoms with Gasteiger partial charge in [0.05, 0.1) is 81.7 Å². The lowest BCUT2D eigenvalue weighted by atomic mass is 9.96. The number of ether oxygens (including phenoxy) is 19. The Balaban J connectivity index is 0.829. The number of hydrogen-bond donors (Lipinski definition) is 0. The number of rotatable bonds is 32. The third kappa shape index (κ3) is 20.8. The van der Waals surface area contributed by atoms with Gasteiger partial charge in [0.15, 0.2) is 55.9 Å². The molecule has 0 radical (unpaired) electrons. The first-order valence-electron chi connectivity index (χ1n) is 38.8. The molecule has 5 fully saturated rings. The molecular formula is C93H90O23. The molecule has 0 aliphatic carbocycles. The lowest BCUT2D eigenvalue weighted by Crippen LogP contribution is -2.67.